The molecular formula is C16H18N4O2S. The number of aromatic nitrogens is 3. The number of hydrogen-bond acceptors (Lipinski definition) is 5. The Morgan fingerprint density at radius 3 is 2.87 bits per heavy atom. The van der Waals surface area contributed by atoms with Crippen LogP contribution < -0.4 is 5.56 Å². The molecule has 1 amide bonds. The van der Waals surface area contributed by atoms with Crippen LogP contribution >= 0.6 is 11.3 Å². The van der Waals surface area contributed by atoms with Gasteiger partial charge in [0.2, 0.25) is 0 Å². The maximum absolute atomic E-state index is 12.8. The molecule has 2 aromatic rings. The fourth-order valence-corrected chi connectivity index (χ4v) is 4.27. The topological polar surface area (TPSA) is 79.0 Å². The van der Waals surface area contributed by atoms with Gasteiger partial charge in [-0.15, -0.1) is 11.3 Å². The minimum atomic E-state index is -0.0412. The van der Waals surface area contributed by atoms with E-state index >= 15 is 0 Å². The first-order chi connectivity index (χ1) is 11.2. The van der Waals surface area contributed by atoms with Gasteiger partial charge < -0.3 is 9.88 Å². The van der Waals surface area contributed by atoms with Crippen LogP contribution in [0.25, 0.3) is 0 Å². The first kappa shape index (κ1) is 14.6. The second kappa shape index (κ2) is 5.56. The normalized spacial score (nSPS) is 22.7. The third-order valence-corrected chi connectivity index (χ3v) is 5.45. The average Bonchev–Trinajstić information content (AvgIpc) is 3.15. The minimum absolute atomic E-state index is 0.0151. The van der Waals surface area contributed by atoms with Crippen LogP contribution in [0.5, 0.6) is 0 Å². The number of carbonyl (C=O) groups excluding carboxylic acids is 1. The third-order valence-electron chi connectivity index (χ3n) is 4.86. The number of H-pyrrole nitrogens is 1. The van der Waals surface area contributed by atoms with Crippen molar-refractivity contribution in [2.24, 2.45) is 0 Å². The second-order valence-electron chi connectivity index (χ2n) is 6.17. The predicted octanol–water partition coefficient (Wildman–Crippen LogP) is 1.56. The van der Waals surface area contributed by atoms with E-state index in [-0.39, 0.29) is 23.6 Å². The van der Waals surface area contributed by atoms with Gasteiger partial charge >= 0.3 is 0 Å². The monoisotopic (exact) mass is 330 g/mol. The SMILES string of the molecule is CCc1nc2c(c(=O)[nH]1)C[C@H]1CC[C@@H](C2)N1C(=O)c1cscn1. The molecule has 2 aliphatic rings. The van der Waals surface area contributed by atoms with Crippen LogP contribution in [-0.4, -0.2) is 37.8 Å². The lowest BCUT2D eigenvalue weighted by molar-refractivity contribution is 0.0668. The molecule has 7 heteroatoms. The molecule has 2 aliphatic heterocycles. The Kier molecular flexibility index (Phi) is 3.52. The molecule has 0 aliphatic carbocycles. The highest BCUT2D eigenvalue weighted by molar-refractivity contribution is 7.07. The fraction of sp³-hybridized carbons (Fsp3) is 0.500. The summed E-state index contributed by atoms with van der Waals surface area (Å²) in [6.07, 6.45) is 3.87. The van der Waals surface area contributed by atoms with Gasteiger partial charge in [-0.3, -0.25) is 9.59 Å². The number of hydrogen-bond donors (Lipinski definition) is 1. The van der Waals surface area contributed by atoms with Crippen molar-refractivity contribution < 1.29 is 4.79 Å². The largest absolute Gasteiger partial charge is 0.331 e. The molecule has 0 saturated carbocycles. The Labute approximate surface area is 137 Å². The highest BCUT2D eigenvalue weighted by Crippen LogP contribution is 2.33. The van der Waals surface area contributed by atoms with Crippen LogP contribution in [0.4, 0.5) is 0 Å². The highest BCUT2D eigenvalue weighted by Gasteiger charge is 2.41. The first-order valence-corrected chi connectivity index (χ1v) is 8.93. The Morgan fingerprint density at radius 2 is 2.17 bits per heavy atom. The second-order valence-corrected chi connectivity index (χ2v) is 6.89. The van der Waals surface area contributed by atoms with E-state index in [1.165, 1.54) is 11.3 Å². The molecular weight excluding hydrogens is 312 g/mol. The summed E-state index contributed by atoms with van der Waals surface area (Å²) in [4.78, 5) is 38.8. The number of aromatic amines is 1. The van der Waals surface area contributed by atoms with Gasteiger partial charge in [-0.25, -0.2) is 9.97 Å². The Hall–Kier alpha value is -2.02. The molecule has 1 fully saturated rings. The van der Waals surface area contributed by atoms with Crippen molar-refractivity contribution in [1.82, 2.24) is 19.9 Å². The number of nitrogens with one attached hydrogen (secondary N) is 1. The number of thiazole rings is 1. The van der Waals surface area contributed by atoms with Crippen LogP contribution in [0.3, 0.4) is 0 Å². The number of rotatable bonds is 2. The third kappa shape index (κ3) is 2.39. The first-order valence-electron chi connectivity index (χ1n) is 7.99. The molecule has 0 radical (unpaired) electrons. The lowest BCUT2D eigenvalue weighted by Crippen LogP contribution is -2.42. The van der Waals surface area contributed by atoms with Crippen molar-refractivity contribution >= 4 is 17.2 Å². The van der Waals surface area contributed by atoms with E-state index in [1.807, 2.05) is 11.8 Å². The summed E-state index contributed by atoms with van der Waals surface area (Å²) in [7, 11) is 0. The van der Waals surface area contributed by atoms with Crippen LogP contribution in [0.1, 0.15) is 47.3 Å². The van der Waals surface area contributed by atoms with Gasteiger partial charge in [0.05, 0.1) is 11.2 Å². The molecule has 2 aromatic heterocycles. The average molecular weight is 330 g/mol. The zero-order chi connectivity index (χ0) is 16.0. The van der Waals surface area contributed by atoms with Crippen LogP contribution in [0.2, 0.25) is 0 Å². The highest BCUT2D eigenvalue weighted by atomic mass is 32.1. The number of amides is 1. The zero-order valence-electron chi connectivity index (χ0n) is 12.9. The van der Waals surface area contributed by atoms with Crippen molar-refractivity contribution in [3.8, 4) is 0 Å². The smallest absolute Gasteiger partial charge is 0.273 e. The molecule has 23 heavy (non-hydrogen) atoms. The fourth-order valence-electron chi connectivity index (χ4n) is 3.75. The van der Waals surface area contributed by atoms with Gasteiger partial charge in [-0.1, -0.05) is 6.92 Å². The van der Waals surface area contributed by atoms with Gasteiger partial charge in [0.1, 0.15) is 11.5 Å². The molecule has 6 nitrogen and oxygen atoms in total. The number of aryl methyl sites for hydroxylation is 1. The summed E-state index contributed by atoms with van der Waals surface area (Å²) in [5.74, 6) is 0.711. The van der Waals surface area contributed by atoms with Gasteiger partial charge in [0, 0.05) is 42.3 Å². The van der Waals surface area contributed by atoms with Gasteiger partial charge in [-0.2, -0.15) is 0 Å². The number of nitrogens with zero attached hydrogens (tertiary/aromatic N) is 3. The van der Waals surface area contributed by atoms with E-state index in [4.69, 9.17) is 0 Å². The summed E-state index contributed by atoms with van der Waals surface area (Å²) < 4.78 is 0. The predicted molar refractivity (Wildman–Crippen MR) is 86.7 cm³/mol. The van der Waals surface area contributed by atoms with Crippen LogP contribution in [0.15, 0.2) is 15.7 Å². The molecule has 120 valence electrons. The van der Waals surface area contributed by atoms with Crippen LogP contribution in [-0.2, 0) is 19.3 Å². The summed E-state index contributed by atoms with van der Waals surface area (Å²) >= 11 is 1.43. The summed E-state index contributed by atoms with van der Waals surface area (Å²) in [5.41, 5.74) is 3.77. The van der Waals surface area contributed by atoms with E-state index in [0.717, 1.165) is 29.9 Å². The molecule has 2 bridgehead atoms. The quantitative estimate of drug-likeness (QED) is 0.906. The maximum Gasteiger partial charge on any atom is 0.273 e. The van der Waals surface area contributed by atoms with Crippen molar-refractivity contribution in [2.75, 3.05) is 0 Å². The molecule has 4 heterocycles. The van der Waals surface area contributed by atoms with Crippen molar-refractivity contribution in [1.29, 1.82) is 0 Å². The molecule has 1 N–H and O–H groups in total. The Balaban J connectivity index is 1.72. The summed E-state index contributed by atoms with van der Waals surface area (Å²) in [6, 6.07) is 0.195. The minimum Gasteiger partial charge on any atom is -0.331 e. The van der Waals surface area contributed by atoms with Gasteiger partial charge in [0.15, 0.2) is 0 Å². The van der Waals surface area contributed by atoms with E-state index in [1.54, 1.807) is 10.9 Å². The van der Waals surface area contributed by atoms with Gasteiger partial charge in [-0.05, 0) is 12.8 Å². The van der Waals surface area contributed by atoms with E-state index in [0.29, 0.717) is 25.0 Å². The Morgan fingerprint density at radius 1 is 1.39 bits per heavy atom. The molecule has 2 atom stereocenters. The molecule has 0 spiro atoms. The molecule has 0 unspecified atom stereocenters. The van der Waals surface area contributed by atoms with Crippen molar-refractivity contribution in [3.63, 3.8) is 0 Å². The van der Waals surface area contributed by atoms with Crippen LogP contribution in [0, 0.1) is 0 Å². The standard InChI is InChI=1S/C16H18N4O2S/c1-2-14-18-12-6-10-4-3-9(5-11(12)15(21)19-14)20(10)16(22)13-7-23-8-17-13/h7-10H,2-6H2,1H3,(H,18,19,21)/t9-,10+/m1/s1. The van der Waals surface area contributed by atoms with Crippen molar-refractivity contribution in [3.05, 3.63) is 44.0 Å². The van der Waals surface area contributed by atoms with E-state index < -0.39 is 0 Å². The molecule has 0 aromatic carbocycles. The summed E-state index contributed by atoms with van der Waals surface area (Å²) in [6.45, 7) is 1.98. The lowest BCUT2D eigenvalue weighted by Gasteiger charge is -2.27. The molecule has 4 rings (SSSR count). The molecule has 1 saturated heterocycles. The van der Waals surface area contributed by atoms with Crippen molar-refractivity contribution in [2.45, 2.75) is 51.1 Å². The Bertz CT molecular complexity index is 799. The lowest BCUT2D eigenvalue weighted by atomic mass is 9.98. The number of carbonyl (C=O) groups is 1. The van der Waals surface area contributed by atoms with E-state index in [2.05, 4.69) is 15.0 Å². The zero-order valence-corrected chi connectivity index (χ0v) is 13.7. The maximum atomic E-state index is 12.8. The number of fused-ring (bicyclic) bond motifs is 3. The van der Waals surface area contributed by atoms with Gasteiger partial charge in [0.25, 0.3) is 11.5 Å². The van der Waals surface area contributed by atoms with E-state index in [9.17, 15) is 9.59 Å². The summed E-state index contributed by atoms with van der Waals surface area (Å²) in [5, 5.41) is 1.79.